The van der Waals surface area contributed by atoms with Crippen molar-refractivity contribution in [2.75, 3.05) is 19.6 Å². The van der Waals surface area contributed by atoms with E-state index >= 15 is 0 Å². The van der Waals surface area contributed by atoms with Crippen molar-refractivity contribution in [3.63, 3.8) is 0 Å². The van der Waals surface area contributed by atoms with Crippen LogP contribution >= 0.6 is 11.6 Å². The molecular formula is C10H10ClFN2O3S. The summed E-state index contributed by atoms with van der Waals surface area (Å²) in [6.45, 7) is 0.0355. The minimum atomic E-state index is -4.00. The van der Waals surface area contributed by atoms with Crippen molar-refractivity contribution >= 4 is 27.5 Å². The van der Waals surface area contributed by atoms with Crippen LogP contribution in [0.2, 0.25) is 5.02 Å². The van der Waals surface area contributed by atoms with Crippen LogP contribution in [0.3, 0.4) is 0 Å². The van der Waals surface area contributed by atoms with Gasteiger partial charge in [0.05, 0.1) is 6.54 Å². The molecule has 98 valence electrons. The molecule has 2 rings (SSSR count). The summed E-state index contributed by atoms with van der Waals surface area (Å²) in [7, 11) is -4.00. The molecule has 0 aromatic heterocycles. The third-order valence-corrected chi connectivity index (χ3v) is 4.63. The first-order valence-electron chi connectivity index (χ1n) is 5.13. The quantitative estimate of drug-likeness (QED) is 0.868. The average molecular weight is 293 g/mol. The summed E-state index contributed by atoms with van der Waals surface area (Å²) in [5.41, 5.74) is 0. The first kappa shape index (κ1) is 13.3. The molecule has 1 aliphatic rings. The molecule has 0 radical (unpaired) electrons. The topological polar surface area (TPSA) is 66.5 Å². The van der Waals surface area contributed by atoms with Crippen LogP contribution in [-0.4, -0.2) is 38.3 Å². The van der Waals surface area contributed by atoms with Gasteiger partial charge in [-0.25, -0.2) is 12.8 Å². The fourth-order valence-corrected chi connectivity index (χ4v) is 3.24. The molecule has 0 spiro atoms. The molecule has 1 aromatic carbocycles. The molecule has 1 amide bonds. The predicted molar refractivity (Wildman–Crippen MR) is 63.2 cm³/mol. The first-order chi connectivity index (χ1) is 8.41. The van der Waals surface area contributed by atoms with Gasteiger partial charge < -0.3 is 5.32 Å². The predicted octanol–water partition coefficient (Wildman–Crippen LogP) is 0.600. The summed E-state index contributed by atoms with van der Waals surface area (Å²) in [5.74, 6) is -1.33. The van der Waals surface area contributed by atoms with Gasteiger partial charge in [-0.1, -0.05) is 11.6 Å². The zero-order valence-corrected chi connectivity index (χ0v) is 10.8. The second-order valence-electron chi connectivity index (χ2n) is 3.76. The van der Waals surface area contributed by atoms with Crippen LogP contribution < -0.4 is 5.32 Å². The molecular weight excluding hydrogens is 283 g/mol. The number of piperazine rings is 1. The summed E-state index contributed by atoms with van der Waals surface area (Å²) < 4.78 is 38.8. The van der Waals surface area contributed by atoms with E-state index in [9.17, 15) is 17.6 Å². The number of carbonyl (C=O) groups excluding carboxylic acids is 1. The normalized spacial score (nSPS) is 17.6. The van der Waals surface area contributed by atoms with E-state index in [0.717, 1.165) is 16.4 Å². The lowest BCUT2D eigenvalue weighted by molar-refractivity contribution is -0.122. The van der Waals surface area contributed by atoms with Gasteiger partial charge >= 0.3 is 0 Å². The number of nitrogens with one attached hydrogen (secondary N) is 1. The molecule has 1 aromatic rings. The van der Waals surface area contributed by atoms with Gasteiger partial charge in [0.15, 0.2) is 0 Å². The van der Waals surface area contributed by atoms with Crippen molar-refractivity contribution in [1.82, 2.24) is 9.62 Å². The van der Waals surface area contributed by atoms with Gasteiger partial charge in [-0.2, -0.15) is 4.31 Å². The third-order valence-electron chi connectivity index (χ3n) is 2.52. The van der Waals surface area contributed by atoms with Crippen LogP contribution in [-0.2, 0) is 14.8 Å². The highest BCUT2D eigenvalue weighted by molar-refractivity contribution is 7.89. The molecule has 18 heavy (non-hydrogen) atoms. The molecule has 1 saturated heterocycles. The van der Waals surface area contributed by atoms with Gasteiger partial charge in [0, 0.05) is 18.1 Å². The van der Waals surface area contributed by atoms with Gasteiger partial charge in [-0.3, -0.25) is 4.79 Å². The standard InChI is InChI=1S/C10H10ClFN2O3S/c11-7-1-2-9(8(12)5-7)18(16,17)14-4-3-13-10(15)6-14/h1-2,5H,3-4,6H2,(H,13,15). The number of halogens is 2. The maximum absolute atomic E-state index is 13.6. The molecule has 0 atom stereocenters. The monoisotopic (exact) mass is 292 g/mol. The maximum Gasteiger partial charge on any atom is 0.246 e. The molecule has 0 aliphatic carbocycles. The zero-order chi connectivity index (χ0) is 13.3. The highest BCUT2D eigenvalue weighted by atomic mass is 35.5. The van der Waals surface area contributed by atoms with E-state index in [-0.39, 0.29) is 24.7 Å². The van der Waals surface area contributed by atoms with Crippen LogP contribution in [0.15, 0.2) is 23.1 Å². The van der Waals surface area contributed by atoms with Gasteiger partial charge in [0.2, 0.25) is 15.9 Å². The lowest BCUT2D eigenvalue weighted by atomic mass is 10.3. The number of nitrogens with zero attached hydrogens (tertiary/aromatic N) is 1. The van der Waals surface area contributed by atoms with Gasteiger partial charge in [-0.15, -0.1) is 0 Å². The van der Waals surface area contributed by atoms with Gasteiger partial charge in [0.25, 0.3) is 0 Å². The summed E-state index contributed by atoms with van der Waals surface area (Å²) in [6, 6.07) is 3.32. The number of rotatable bonds is 2. The Morgan fingerprint density at radius 1 is 1.39 bits per heavy atom. The van der Waals surface area contributed by atoms with Crippen LogP contribution in [0.5, 0.6) is 0 Å². The highest BCUT2D eigenvalue weighted by Crippen LogP contribution is 2.22. The maximum atomic E-state index is 13.6. The van der Waals surface area contributed by atoms with Crippen molar-refractivity contribution in [1.29, 1.82) is 0 Å². The Kier molecular flexibility index (Phi) is 3.56. The first-order valence-corrected chi connectivity index (χ1v) is 6.95. The Labute approximate surface area is 109 Å². The van der Waals surface area contributed by atoms with Crippen molar-refractivity contribution < 1.29 is 17.6 Å². The largest absolute Gasteiger partial charge is 0.354 e. The smallest absolute Gasteiger partial charge is 0.246 e. The van der Waals surface area contributed by atoms with E-state index in [1.165, 1.54) is 6.07 Å². The Bertz CT molecular complexity index is 591. The Morgan fingerprint density at radius 3 is 2.72 bits per heavy atom. The SMILES string of the molecule is O=C1CN(S(=O)(=O)c2ccc(Cl)cc2F)CCN1. The van der Waals surface area contributed by atoms with E-state index in [1.54, 1.807) is 0 Å². The highest BCUT2D eigenvalue weighted by Gasteiger charge is 2.31. The molecule has 5 nitrogen and oxygen atoms in total. The van der Waals surface area contributed by atoms with Crippen molar-refractivity contribution in [3.05, 3.63) is 29.0 Å². The van der Waals surface area contributed by atoms with E-state index in [2.05, 4.69) is 5.32 Å². The lowest BCUT2D eigenvalue weighted by Crippen LogP contribution is -2.49. The van der Waals surface area contributed by atoms with Crippen LogP contribution in [0.25, 0.3) is 0 Å². The summed E-state index contributed by atoms with van der Waals surface area (Å²) in [5, 5.41) is 2.61. The second-order valence-corrected chi connectivity index (χ2v) is 6.11. The summed E-state index contributed by atoms with van der Waals surface area (Å²) in [4.78, 5) is 10.7. The minimum Gasteiger partial charge on any atom is -0.354 e. The van der Waals surface area contributed by atoms with E-state index < -0.39 is 26.6 Å². The van der Waals surface area contributed by atoms with Crippen LogP contribution in [0.4, 0.5) is 4.39 Å². The second kappa shape index (κ2) is 4.83. The molecule has 1 N–H and O–H groups in total. The molecule has 8 heteroatoms. The fraction of sp³-hybridized carbons (Fsp3) is 0.300. The minimum absolute atomic E-state index is 0.114. The van der Waals surface area contributed by atoms with Crippen molar-refractivity contribution in [2.24, 2.45) is 0 Å². The average Bonchev–Trinajstić information content (AvgIpc) is 2.28. The van der Waals surface area contributed by atoms with E-state index in [0.29, 0.717) is 0 Å². The zero-order valence-electron chi connectivity index (χ0n) is 9.19. The molecule has 0 saturated carbocycles. The Hall–Kier alpha value is -1.18. The number of carbonyl (C=O) groups is 1. The molecule has 1 heterocycles. The number of hydrogen-bond acceptors (Lipinski definition) is 3. The number of sulfonamides is 1. The van der Waals surface area contributed by atoms with E-state index in [4.69, 9.17) is 11.6 Å². The fourth-order valence-electron chi connectivity index (χ4n) is 1.64. The molecule has 1 aliphatic heterocycles. The van der Waals surface area contributed by atoms with Crippen LogP contribution in [0.1, 0.15) is 0 Å². The summed E-state index contributed by atoms with van der Waals surface area (Å²) in [6.07, 6.45) is 0. The van der Waals surface area contributed by atoms with Gasteiger partial charge in [-0.05, 0) is 18.2 Å². The Balaban J connectivity index is 2.38. The van der Waals surface area contributed by atoms with Gasteiger partial charge in [0.1, 0.15) is 10.7 Å². The van der Waals surface area contributed by atoms with Crippen molar-refractivity contribution in [3.8, 4) is 0 Å². The summed E-state index contributed by atoms with van der Waals surface area (Å²) >= 11 is 5.56. The molecule has 0 unspecified atom stereocenters. The van der Waals surface area contributed by atoms with E-state index in [1.807, 2.05) is 0 Å². The number of hydrogen-bond donors (Lipinski definition) is 1. The molecule has 1 fully saturated rings. The van der Waals surface area contributed by atoms with Crippen molar-refractivity contribution in [2.45, 2.75) is 4.90 Å². The number of amides is 1. The van der Waals surface area contributed by atoms with Crippen LogP contribution in [0, 0.1) is 5.82 Å². The molecule has 0 bridgehead atoms. The Morgan fingerprint density at radius 2 is 2.11 bits per heavy atom. The lowest BCUT2D eigenvalue weighted by Gasteiger charge is -2.26. The third kappa shape index (κ3) is 2.47. The number of benzene rings is 1.